The standard InChI is InChI=1S/C21H20FN3O/c1-15-5-4-6-16(13-15)20-19(21(26)24-11-2-3-12-24)14-25(23-20)18-9-7-17(22)8-10-18/h4-10,13-14H,2-3,11-12H2,1H3. The van der Waals surface area contributed by atoms with Gasteiger partial charge in [0, 0.05) is 24.8 Å². The molecule has 5 heteroatoms. The van der Waals surface area contributed by atoms with E-state index in [0.29, 0.717) is 11.3 Å². The fourth-order valence-corrected chi connectivity index (χ4v) is 3.35. The van der Waals surface area contributed by atoms with Crippen LogP contribution >= 0.6 is 0 Å². The first kappa shape index (κ1) is 16.5. The van der Waals surface area contributed by atoms with Gasteiger partial charge in [-0.15, -0.1) is 0 Å². The van der Waals surface area contributed by atoms with Crippen molar-refractivity contribution >= 4 is 5.91 Å². The highest BCUT2D eigenvalue weighted by atomic mass is 19.1. The van der Waals surface area contributed by atoms with Crippen molar-refractivity contribution in [2.24, 2.45) is 0 Å². The molecule has 1 amide bonds. The molecule has 132 valence electrons. The number of aryl methyl sites for hydroxylation is 1. The zero-order valence-electron chi connectivity index (χ0n) is 14.7. The van der Waals surface area contributed by atoms with E-state index in [2.05, 4.69) is 5.10 Å². The van der Waals surface area contributed by atoms with Crippen LogP contribution in [0.15, 0.2) is 54.7 Å². The second-order valence-electron chi connectivity index (χ2n) is 6.68. The molecule has 1 fully saturated rings. The van der Waals surface area contributed by atoms with Crippen molar-refractivity contribution in [2.45, 2.75) is 19.8 Å². The Morgan fingerprint density at radius 2 is 1.81 bits per heavy atom. The Morgan fingerprint density at radius 1 is 1.08 bits per heavy atom. The Balaban J connectivity index is 1.82. The number of hydrogen-bond acceptors (Lipinski definition) is 2. The largest absolute Gasteiger partial charge is 0.339 e. The van der Waals surface area contributed by atoms with Crippen LogP contribution < -0.4 is 0 Å². The summed E-state index contributed by atoms with van der Waals surface area (Å²) in [7, 11) is 0. The number of amides is 1. The van der Waals surface area contributed by atoms with Crippen LogP contribution in [0.1, 0.15) is 28.8 Å². The lowest BCUT2D eigenvalue weighted by Crippen LogP contribution is -2.27. The highest BCUT2D eigenvalue weighted by Gasteiger charge is 2.25. The van der Waals surface area contributed by atoms with Crippen molar-refractivity contribution in [3.8, 4) is 16.9 Å². The molecule has 1 aromatic heterocycles. The second-order valence-corrected chi connectivity index (χ2v) is 6.68. The SMILES string of the molecule is Cc1cccc(-c2nn(-c3ccc(F)cc3)cc2C(=O)N2CCCC2)c1. The van der Waals surface area contributed by atoms with Gasteiger partial charge in [0.25, 0.3) is 5.91 Å². The van der Waals surface area contributed by atoms with E-state index in [-0.39, 0.29) is 11.7 Å². The van der Waals surface area contributed by atoms with E-state index in [1.807, 2.05) is 36.1 Å². The van der Waals surface area contributed by atoms with Gasteiger partial charge in [-0.1, -0.05) is 23.8 Å². The average molecular weight is 349 g/mol. The summed E-state index contributed by atoms with van der Waals surface area (Å²) in [6.45, 7) is 3.59. The predicted octanol–water partition coefficient (Wildman–Crippen LogP) is 4.22. The van der Waals surface area contributed by atoms with E-state index in [4.69, 9.17) is 0 Å². The summed E-state index contributed by atoms with van der Waals surface area (Å²) in [6, 6.07) is 14.1. The van der Waals surface area contributed by atoms with Gasteiger partial charge in [0.15, 0.2) is 0 Å². The van der Waals surface area contributed by atoms with Crippen LogP contribution in [-0.4, -0.2) is 33.7 Å². The number of carbonyl (C=O) groups excluding carboxylic acids is 1. The first-order chi connectivity index (χ1) is 12.6. The first-order valence-corrected chi connectivity index (χ1v) is 8.84. The molecule has 0 aliphatic carbocycles. The molecule has 0 N–H and O–H groups in total. The lowest BCUT2D eigenvalue weighted by molar-refractivity contribution is 0.0793. The number of nitrogens with zero attached hydrogens (tertiary/aromatic N) is 3. The van der Waals surface area contributed by atoms with E-state index < -0.39 is 0 Å². The lowest BCUT2D eigenvalue weighted by Gasteiger charge is -2.14. The molecule has 26 heavy (non-hydrogen) atoms. The number of likely N-dealkylation sites (tertiary alicyclic amines) is 1. The van der Waals surface area contributed by atoms with Gasteiger partial charge in [-0.3, -0.25) is 4.79 Å². The number of aromatic nitrogens is 2. The van der Waals surface area contributed by atoms with Crippen LogP contribution in [0.2, 0.25) is 0 Å². The van der Waals surface area contributed by atoms with Crippen molar-refractivity contribution < 1.29 is 9.18 Å². The van der Waals surface area contributed by atoms with Crippen molar-refractivity contribution in [3.05, 3.63) is 71.7 Å². The fraction of sp³-hybridized carbons (Fsp3) is 0.238. The maximum absolute atomic E-state index is 13.2. The summed E-state index contributed by atoms with van der Waals surface area (Å²) in [5, 5.41) is 4.66. The molecule has 0 unspecified atom stereocenters. The molecular formula is C21H20FN3O. The maximum atomic E-state index is 13.2. The van der Waals surface area contributed by atoms with Crippen LogP contribution in [0.3, 0.4) is 0 Å². The summed E-state index contributed by atoms with van der Waals surface area (Å²) < 4.78 is 14.9. The van der Waals surface area contributed by atoms with Crippen molar-refractivity contribution in [1.82, 2.24) is 14.7 Å². The van der Waals surface area contributed by atoms with Crippen LogP contribution in [0.25, 0.3) is 16.9 Å². The fourth-order valence-electron chi connectivity index (χ4n) is 3.35. The van der Waals surface area contributed by atoms with Crippen LogP contribution in [-0.2, 0) is 0 Å². The number of benzene rings is 2. The Labute approximate surface area is 151 Å². The molecular weight excluding hydrogens is 329 g/mol. The summed E-state index contributed by atoms with van der Waals surface area (Å²) in [5.74, 6) is -0.291. The number of carbonyl (C=O) groups is 1. The van der Waals surface area contributed by atoms with Gasteiger partial charge in [0.05, 0.1) is 11.3 Å². The van der Waals surface area contributed by atoms with Gasteiger partial charge in [0.1, 0.15) is 11.5 Å². The number of halogens is 1. The molecule has 4 nitrogen and oxygen atoms in total. The third-order valence-corrected chi connectivity index (χ3v) is 4.72. The van der Waals surface area contributed by atoms with E-state index >= 15 is 0 Å². The molecule has 0 atom stereocenters. The number of rotatable bonds is 3. The van der Waals surface area contributed by atoms with Gasteiger partial charge in [0.2, 0.25) is 0 Å². The average Bonchev–Trinajstić information content (AvgIpc) is 3.32. The van der Waals surface area contributed by atoms with Crippen LogP contribution in [0.5, 0.6) is 0 Å². The lowest BCUT2D eigenvalue weighted by atomic mass is 10.1. The first-order valence-electron chi connectivity index (χ1n) is 8.84. The van der Waals surface area contributed by atoms with Gasteiger partial charge in [-0.25, -0.2) is 9.07 Å². The van der Waals surface area contributed by atoms with Gasteiger partial charge >= 0.3 is 0 Å². The minimum Gasteiger partial charge on any atom is -0.339 e. The maximum Gasteiger partial charge on any atom is 0.257 e. The molecule has 4 rings (SSSR count). The summed E-state index contributed by atoms with van der Waals surface area (Å²) in [6.07, 6.45) is 3.83. The summed E-state index contributed by atoms with van der Waals surface area (Å²) in [4.78, 5) is 14.9. The highest BCUT2D eigenvalue weighted by Crippen LogP contribution is 2.27. The smallest absolute Gasteiger partial charge is 0.257 e. The Bertz CT molecular complexity index is 940. The number of hydrogen-bond donors (Lipinski definition) is 0. The minimum atomic E-state index is -0.298. The molecule has 2 aromatic carbocycles. The predicted molar refractivity (Wildman–Crippen MR) is 98.8 cm³/mol. The zero-order valence-corrected chi connectivity index (χ0v) is 14.7. The van der Waals surface area contributed by atoms with E-state index in [1.54, 1.807) is 23.0 Å². The molecule has 0 bridgehead atoms. The van der Waals surface area contributed by atoms with Gasteiger partial charge < -0.3 is 4.90 Å². The van der Waals surface area contributed by atoms with Gasteiger partial charge in [-0.2, -0.15) is 5.10 Å². The molecule has 1 aliphatic rings. The van der Waals surface area contributed by atoms with Crippen LogP contribution in [0.4, 0.5) is 4.39 Å². The molecule has 2 heterocycles. The highest BCUT2D eigenvalue weighted by molar-refractivity contribution is 6.00. The molecule has 0 spiro atoms. The third kappa shape index (κ3) is 3.12. The molecule has 0 saturated carbocycles. The topological polar surface area (TPSA) is 38.1 Å². The molecule has 1 aliphatic heterocycles. The van der Waals surface area contributed by atoms with Gasteiger partial charge in [-0.05, 0) is 50.1 Å². The molecule has 0 radical (unpaired) electrons. The second kappa shape index (κ2) is 6.75. The minimum absolute atomic E-state index is 0.00682. The molecule has 3 aromatic rings. The Kier molecular flexibility index (Phi) is 4.29. The van der Waals surface area contributed by atoms with Crippen molar-refractivity contribution in [3.63, 3.8) is 0 Å². The normalized spacial score (nSPS) is 14.0. The quantitative estimate of drug-likeness (QED) is 0.710. The Hall–Kier alpha value is -2.95. The van der Waals surface area contributed by atoms with E-state index in [0.717, 1.165) is 42.7 Å². The van der Waals surface area contributed by atoms with Crippen molar-refractivity contribution in [1.29, 1.82) is 0 Å². The third-order valence-electron chi connectivity index (χ3n) is 4.72. The zero-order chi connectivity index (χ0) is 18.1. The summed E-state index contributed by atoms with van der Waals surface area (Å²) in [5.41, 5.74) is 3.99. The monoisotopic (exact) mass is 349 g/mol. The molecule has 1 saturated heterocycles. The van der Waals surface area contributed by atoms with Crippen molar-refractivity contribution in [2.75, 3.05) is 13.1 Å². The van der Waals surface area contributed by atoms with E-state index in [1.165, 1.54) is 12.1 Å². The Morgan fingerprint density at radius 3 is 2.50 bits per heavy atom. The summed E-state index contributed by atoms with van der Waals surface area (Å²) >= 11 is 0. The van der Waals surface area contributed by atoms with E-state index in [9.17, 15) is 9.18 Å². The van der Waals surface area contributed by atoms with Crippen LogP contribution in [0, 0.1) is 12.7 Å².